The summed E-state index contributed by atoms with van der Waals surface area (Å²) < 4.78 is 17.7. The maximum atomic E-state index is 12.7. The van der Waals surface area contributed by atoms with Gasteiger partial charge < -0.3 is 10.5 Å². The molecule has 0 bridgehead atoms. The van der Waals surface area contributed by atoms with Crippen LogP contribution in [0.25, 0.3) is 0 Å². The number of amidine groups is 1. The summed E-state index contributed by atoms with van der Waals surface area (Å²) >= 11 is 0. The van der Waals surface area contributed by atoms with Crippen LogP contribution in [0.5, 0.6) is 0 Å². The van der Waals surface area contributed by atoms with Crippen LogP contribution in [-0.4, -0.2) is 19.6 Å². The van der Waals surface area contributed by atoms with Crippen LogP contribution in [0.3, 0.4) is 0 Å². The lowest BCUT2D eigenvalue weighted by Gasteiger charge is -2.12. The first-order chi connectivity index (χ1) is 7.13. The molecule has 0 amide bonds. The molecule has 1 rings (SSSR count). The summed E-state index contributed by atoms with van der Waals surface area (Å²) in [6.07, 6.45) is 0. The predicted octanol–water partition coefficient (Wildman–Crippen LogP) is 1.89. The molecule has 0 saturated carbocycles. The van der Waals surface area contributed by atoms with Gasteiger partial charge in [-0.25, -0.2) is 4.39 Å². The fourth-order valence-electron chi connectivity index (χ4n) is 1.30. The lowest BCUT2D eigenvalue weighted by Crippen LogP contribution is -2.12. The number of benzene rings is 1. The van der Waals surface area contributed by atoms with Crippen LogP contribution >= 0.6 is 0 Å². The number of nitrogens with zero attached hydrogens (tertiary/aromatic N) is 1. The number of aliphatic imine (C=N–C) groups is 1. The van der Waals surface area contributed by atoms with Gasteiger partial charge in [-0.1, -0.05) is 12.1 Å². The van der Waals surface area contributed by atoms with E-state index in [1.165, 1.54) is 12.1 Å². The molecule has 0 saturated heterocycles. The zero-order valence-electron chi connectivity index (χ0n) is 8.90. The molecule has 0 heterocycles. The third kappa shape index (κ3) is 3.67. The first kappa shape index (κ1) is 11.7. The average molecular weight is 210 g/mol. The maximum absolute atomic E-state index is 12.7. The van der Waals surface area contributed by atoms with E-state index in [4.69, 9.17) is 10.5 Å². The fourth-order valence-corrected chi connectivity index (χ4v) is 1.30. The van der Waals surface area contributed by atoms with E-state index < -0.39 is 0 Å². The minimum Gasteiger partial charge on any atom is -0.388 e. The van der Waals surface area contributed by atoms with Gasteiger partial charge in [-0.15, -0.1) is 0 Å². The highest BCUT2D eigenvalue weighted by Gasteiger charge is 2.09. The van der Waals surface area contributed by atoms with Gasteiger partial charge in [0.15, 0.2) is 0 Å². The molecule has 1 aromatic rings. The third-order valence-electron chi connectivity index (χ3n) is 1.94. The van der Waals surface area contributed by atoms with Crippen LogP contribution in [0.1, 0.15) is 18.5 Å². The Morgan fingerprint density at radius 3 is 2.53 bits per heavy atom. The molecular weight excluding hydrogens is 195 g/mol. The van der Waals surface area contributed by atoms with E-state index in [9.17, 15) is 4.39 Å². The van der Waals surface area contributed by atoms with E-state index in [0.29, 0.717) is 12.4 Å². The van der Waals surface area contributed by atoms with Gasteiger partial charge >= 0.3 is 0 Å². The quantitative estimate of drug-likeness (QED) is 0.609. The van der Waals surface area contributed by atoms with Crippen LogP contribution < -0.4 is 5.73 Å². The van der Waals surface area contributed by atoms with Gasteiger partial charge in [0.2, 0.25) is 0 Å². The number of ether oxygens (including phenoxy) is 1. The molecular formula is C11H15FN2O. The van der Waals surface area contributed by atoms with Crippen LogP contribution in [0.15, 0.2) is 29.3 Å². The van der Waals surface area contributed by atoms with Gasteiger partial charge in [-0.3, -0.25) is 4.99 Å². The van der Waals surface area contributed by atoms with E-state index in [-0.39, 0.29) is 11.9 Å². The zero-order chi connectivity index (χ0) is 11.3. The molecule has 0 unspecified atom stereocenters. The van der Waals surface area contributed by atoms with Crippen molar-refractivity contribution in [3.63, 3.8) is 0 Å². The van der Waals surface area contributed by atoms with E-state index in [2.05, 4.69) is 4.99 Å². The first-order valence-corrected chi connectivity index (χ1v) is 4.67. The van der Waals surface area contributed by atoms with Gasteiger partial charge in [0.25, 0.3) is 0 Å². The standard InChI is InChI=1S/C11H15FN2O/c1-8(13)14-11(7-15-2)9-3-5-10(12)6-4-9/h3-6,11H,7H2,1-2H3,(H2,13,14)/t11-/m1/s1. The second kappa shape index (κ2) is 5.46. The van der Waals surface area contributed by atoms with Crippen LogP contribution in [0, 0.1) is 5.82 Å². The SMILES string of the molecule is COC[C@@H](N=C(C)N)c1ccc(F)cc1. The Balaban J connectivity index is 2.88. The molecule has 4 heteroatoms. The number of rotatable bonds is 4. The average Bonchev–Trinajstić information content (AvgIpc) is 2.17. The summed E-state index contributed by atoms with van der Waals surface area (Å²) in [5, 5.41) is 0. The predicted molar refractivity (Wildman–Crippen MR) is 58.3 cm³/mol. The molecule has 0 spiro atoms. The summed E-state index contributed by atoms with van der Waals surface area (Å²) in [6, 6.07) is 6.01. The topological polar surface area (TPSA) is 47.6 Å². The Morgan fingerprint density at radius 2 is 2.07 bits per heavy atom. The van der Waals surface area contributed by atoms with Crippen LogP contribution in [-0.2, 0) is 4.74 Å². The van der Waals surface area contributed by atoms with Crippen LogP contribution in [0.4, 0.5) is 4.39 Å². The highest BCUT2D eigenvalue weighted by Crippen LogP contribution is 2.18. The largest absolute Gasteiger partial charge is 0.388 e. The highest BCUT2D eigenvalue weighted by atomic mass is 19.1. The van der Waals surface area contributed by atoms with E-state index >= 15 is 0 Å². The number of hydrogen-bond donors (Lipinski definition) is 1. The van der Waals surface area contributed by atoms with Crippen molar-refractivity contribution >= 4 is 5.84 Å². The second-order valence-electron chi connectivity index (χ2n) is 3.29. The van der Waals surface area contributed by atoms with Crippen molar-refractivity contribution in [2.45, 2.75) is 13.0 Å². The minimum absolute atomic E-state index is 0.166. The van der Waals surface area contributed by atoms with Crippen molar-refractivity contribution in [1.29, 1.82) is 0 Å². The zero-order valence-corrected chi connectivity index (χ0v) is 8.90. The number of hydrogen-bond acceptors (Lipinski definition) is 2. The van der Waals surface area contributed by atoms with Gasteiger partial charge in [0, 0.05) is 7.11 Å². The molecule has 0 aliphatic heterocycles. The Bertz CT molecular complexity index is 331. The summed E-state index contributed by atoms with van der Waals surface area (Å²) in [6.45, 7) is 2.15. The Labute approximate surface area is 88.8 Å². The lowest BCUT2D eigenvalue weighted by molar-refractivity contribution is 0.181. The first-order valence-electron chi connectivity index (χ1n) is 4.67. The Kier molecular flexibility index (Phi) is 4.24. The van der Waals surface area contributed by atoms with Crippen molar-refractivity contribution in [3.05, 3.63) is 35.6 Å². The van der Waals surface area contributed by atoms with Crippen molar-refractivity contribution in [3.8, 4) is 0 Å². The van der Waals surface area contributed by atoms with Crippen molar-refractivity contribution in [1.82, 2.24) is 0 Å². The third-order valence-corrected chi connectivity index (χ3v) is 1.94. The molecule has 0 aromatic heterocycles. The molecule has 0 fully saturated rings. The number of nitrogens with two attached hydrogens (primary N) is 1. The Morgan fingerprint density at radius 1 is 1.47 bits per heavy atom. The molecule has 0 aliphatic rings. The molecule has 0 aliphatic carbocycles. The minimum atomic E-state index is -0.261. The molecule has 15 heavy (non-hydrogen) atoms. The van der Waals surface area contributed by atoms with Crippen molar-refractivity contribution in [2.75, 3.05) is 13.7 Å². The van der Waals surface area contributed by atoms with E-state index in [0.717, 1.165) is 5.56 Å². The molecule has 82 valence electrons. The number of methoxy groups -OCH3 is 1. The second-order valence-corrected chi connectivity index (χ2v) is 3.29. The molecule has 2 N–H and O–H groups in total. The Hall–Kier alpha value is -1.42. The summed E-state index contributed by atoms with van der Waals surface area (Å²) in [4.78, 5) is 4.21. The van der Waals surface area contributed by atoms with Gasteiger partial charge in [0.05, 0.1) is 12.4 Å². The summed E-state index contributed by atoms with van der Waals surface area (Å²) in [5.41, 5.74) is 6.40. The monoisotopic (exact) mass is 210 g/mol. The fraction of sp³-hybridized carbons (Fsp3) is 0.364. The highest BCUT2D eigenvalue weighted by molar-refractivity contribution is 5.77. The normalized spacial score (nSPS) is 13.9. The lowest BCUT2D eigenvalue weighted by atomic mass is 10.1. The summed E-state index contributed by atoms with van der Waals surface area (Å²) in [7, 11) is 1.60. The van der Waals surface area contributed by atoms with Crippen molar-refractivity contribution < 1.29 is 9.13 Å². The number of halogens is 1. The van der Waals surface area contributed by atoms with Gasteiger partial charge in [-0.2, -0.15) is 0 Å². The summed E-state index contributed by atoms with van der Waals surface area (Å²) in [5.74, 6) is 0.227. The smallest absolute Gasteiger partial charge is 0.123 e. The maximum Gasteiger partial charge on any atom is 0.123 e. The van der Waals surface area contributed by atoms with Crippen LogP contribution in [0.2, 0.25) is 0 Å². The van der Waals surface area contributed by atoms with E-state index in [1.807, 2.05) is 0 Å². The van der Waals surface area contributed by atoms with Crippen molar-refractivity contribution in [2.24, 2.45) is 10.7 Å². The molecule has 0 radical (unpaired) electrons. The molecule has 3 nitrogen and oxygen atoms in total. The van der Waals surface area contributed by atoms with E-state index in [1.54, 1.807) is 26.2 Å². The molecule has 1 atom stereocenters. The van der Waals surface area contributed by atoms with Gasteiger partial charge in [-0.05, 0) is 24.6 Å². The molecule has 1 aromatic carbocycles. The van der Waals surface area contributed by atoms with Gasteiger partial charge in [0.1, 0.15) is 11.9 Å².